The third-order valence-electron chi connectivity index (χ3n) is 2.60. The van der Waals surface area contributed by atoms with Crippen LogP contribution in [0.1, 0.15) is 12.0 Å². The molecule has 0 radical (unpaired) electrons. The zero-order valence-corrected chi connectivity index (χ0v) is 10.9. The van der Waals surface area contributed by atoms with E-state index in [1.165, 1.54) is 0 Å². The quantitative estimate of drug-likeness (QED) is 0.749. The number of carbonyl (C=O) groups excluding carboxylic acids is 1. The Hall–Kier alpha value is -1.75. The summed E-state index contributed by atoms with van der Waals surface area (Å²) in [5, 5.41) is 2.73. The molecule has 0 bridgehead atoms. The van der Waals surface area contributed by atoms with Crippen molar-refractivity contribution >= 4 is 5.91 Å². The van der Waals surface area contributed by atoms with Crippen molar-refractivity contribution in [1.29, 1.82) is 0 Å². The first-order valence-electron chi connectivity index (χ1n) is 5.89. The molecular weight excluding hydrogens is 232 g/mol. The summed E-state index contributed by atoms with van der Waals surface area (Å²) in [7, 11) is 3.21. The van der Waals surface area contributed by atoms with Crippen molar-refractivity contribution in [3.63, 3.8) is 0 Å². The zero-order valence-electron chi connectivity index (χ0n) is 10.9. The molecule has 0 aromatic heterocycles. The number of hydrogen-bond acceptors (Lipinski definition) is 4. The molecule has 1 amide bonds. The fourth-order valence-corrected chi connectivity index (χ4v) is 1.71. The summed E-state index contributed by atoms with van der Waals surface area (Å²) in [6.07, 6.45) is 0.959. The van der Waals surface area contributed by atoms with Gasteiger partial charge in [-0.1, -0.05) is 6.07 Å². The maximum atomic E-state index is 11.5. The number of nitrogens with two attached hydrogens (primary N) is 1. The molecule has 18 heavy (non-hydrogen) atoms. The van der Waals surface area contributed by atoms with E-state index < -0.39 is 0 Å². The Morgan fingerprint density at radius 1 is 1.28 bits per heavy atom. The standard InChI is InChI=1S/C13H20N2O3/c1-17-11-4-3-5-12(18-2)10(11)6-7-13(16)15-9-8-14/h3-5H,6-9,14H2,1-2H3,(H,15,16). The van der Waals surface area contributed by atoms with Gasteiger partial charge in [-0.2, -0.15) is 0 Å². The Labute approximate surface area is 107 Å². The van der Waals surface area contributed by atoms with Crippen LogP contribution in [-0.4, -0.2) is 33.2 Å². The van der Waals surface area contributed by atoms with Gasteiger partial charge in [0.25, 0.3) is 0 Å². The molecule has 100 valence electrons. The third-order valence-corrected chi connectivity index (χ3v) is 2.60. The number of amides is 1. The summed E-state index contributed by atoms with van der Waals surface area (Å²) >= 11 is 0. The van der Waals surface area contributed by atoms with Crippen molar-refractivity contribution in [2.75, 3.05) is 27.3 Å². The van der Waals surface area contributed by atoms with Crippen LogP contribution in [0.2, 0.25) is 0 Å². The molecule has 0 atom stereocenters. The van der Waals surface area contributed by atoms with Gasteiger partial charge in [0.15, 0.2) is 0 Å². The minimum Gasteiger partial charge on any atom is -0.496 e. The average Bonchev–Trinajstić information content (AvgIpc) is 2.42. The number of carbonyl (C=O) groups is 1. The molecule has 0 aliphatic carbocycles. The highest BCUT2D eigenvalue weighted by Gasteiger charge is 2.11. The molecule has 0 saturated carbocycles. The maximum Gasteiger partial charge on any atom is 0.220 e. The molecule has 0 spiro atoms. The van der Waals surface area contributed by atoms with Gasteiger partial charge in [-0.15, -0.1) is 0 Å². The van der Waals surface area contributed by atoms with Crippen LogP contribution in [0.3, 0.4) is 0 Å². The highest BCUT2D eigenvalue weighted by atomic mass is 16.5. The summed E-state index contributed by atoms with van der Waals surface area (Å²) < 4.78 is 10.5. The molecule has 1 aromatic rings. The van der Waals surface area contributed by atoms with E-state index in [1.54, 1.807) is 14.2 Å². The second-order valence-electron chi connectivity index (χ2n) is 3.78. The van der Waals surface area contributed by atoms with Gasteiger partial charge in [0.2, 0.25) is 5.91 Å². The third kappa shape index (κ3) is 3.92. The Morgan fingerprint density at radius 3 is 2.39 bits per heavy atom. The first-order valence-corrected chi connectivity index (χ1v) is 5.89. The van der Waals surface area contributed by atoms with E-state index in [4.69, 9.17) is 15.2 Å². The lowest BCUT2D eigenvalue weighted by molar-refractivity contribution is -0.120. The van der Waals surface area contributed by atoms with E-state index in [9.17, 15) is 4.79 Å². The molecule has 0 fully saturated rings. The minimum absolute atomic E-state index is 0.0200. The van der Waals surface area contributed by atoms with Crippen molar-refractivity contribution in [1.82, 2.24) is 5.32 Å². The normalized spacial score (nSPS) is 9.94. The van der Waals surface area contributed by atoms with Crippen LogP contribution >= 0.6 is 0 Å². The van der Waals surface area contributed by atoms with Crippen molar-refractivity contribution in [2.24, 2.45) is 5.73 Å². The van der Waals surface area contributed by atoms with Gasteiger partial charge in [0, 0.05) is 25.1 Å². The molecule has 1 rings (SSSR count). The fraction of sp³-hybridized carbons (Fsp3) is 0.462. The van der Waals surface area contributed by atoms with E-state index in [-0.39, 0.29) is 5.91 Å². The van der Waals surface area contributed by atoms with Gasteiger partial charge in [-0.3, -0.25) is 4.79 Å². The van der Waals surface area contributed by atoms with Gasteiger partial charge in [0.1, 0.15) is 11.5 Å². The van der Waals surface area contributed by atoms with Crippen molar-refractivity contribution in [3.8, 4) is 11.5 Å². The highest BCUT2D eigenvalue weighted by molar-refractivity contribution is 5.76. The first-order chi connectivity index (χ1) is 8.72. The lowest BCUT2D eigenvalue weighted by Crippen LogP contribution is -2.29. The Kier molecular flexibility index (Phi) is 6.00. The van der Waals surface area contributed by atoms with Gasteiger partial charge < -0.3 is 20.5 Å². The maximum absolute atomic E-state index is 11.5. The topological polar surface area (TPSA) is 73.6 Å². The molecule has 1 aromatic carbocycles. The van der Waals surface area contributed by atoms with Crippen LogP contribution in [0.15, 0.2) is 18.2 Å². The van der Waals surface area contributed by atoms with Gasteiger partial charge in [-0.25, -0.2) is 0 Å². The molecule has 5 heteroatoms. The number of methoxy groups -OCH3 is 2. The molecular formula is C13H20N2O3. The summed E-state index contributed by atoms with van der Waals surface area (Å²) in [5.74, 6) is 1.45. The van der Waals surface area contributed by atoms with Crippen molar-refractivity contribution < 1.29 is 14.3 Å². The van der Waals surface area contributed by atoms with E-state index in [2.05, 4.69) is 5.32 Å². The molecule has 0 aliphatic rings. The van der Waals surface area contributed by atoms with E-state index in [0.29, 0.717) is 25.9 Å². The number of ether oxygens (including phenoxy) is 2. The van der Waals surface area contributed by atoms with E-state index in [1.807, 2.05) is 18.2 Å². The van der Waals surface area contributed by atoms with Crippen LogP contribution in [-0.2, 0) is 11.2 Å². The number of hydrogen-bond donors (Lipinski definition) is 2. The zero-order chi connectivity index (χ0) is 13.4. The Morgan fingerprint density at radius 2 is 1.89 bits per heavy atom. The second-order valence-corrected chi connectivity index (χ2v) is 3.78. The number of nitrogens with one attached hydrogen (secondary N) is 1. The first kappa shape index (κ1) is 14.3. The molecule has 0 aliphatic heterocycles. The molecule has 5 nitrogen and oxygen atoms in total. The van der Waals surface area contributed by atoms with Crippen molar-refractivity contribution in [3.05, 3.63) is 23.8 Å². The second kappa shape index (κ2) is 7.55. The lowest BCUT2D eigenvalue weighted by Gasteiger charge is -2.12. The van der Waals surface area contributed by atoms with Crippen molar-refractivity contribution in [2.45, 2.75) is 12.8 Å². The van der Waals surface area contributed by atoms with E-state index >= 15 is 0 Å². The van der Waals surface area contributed by atoms with Gasteiger partial charge >= 0.3 is 0 Å². The van der Waals surface area contributed by atoms with Crippen LogP contribution in [0.4, 0.5) is 0 Å². The Bertz CT molecular complexity index is 372. The largest absolute Gasteiger partial charge is 0.496 e. The predicted molar refractivity (Wildman–Crippen MR) is 69.9 cm³/mol. The van der Waals surface area contributed by atoms with Gasteiger partial charge in [-0.05, 0) is 18.6 Å². The molecule has 0 unspecified atom stereocenters. The molecule has 0 saturated heterocycles. The minimum atomic E-state index is -0.0200. The molecule has 0 heterocycles. The van der Waals surface area contributed by atoms with Crippen LogP contribution in [0.5, 0.6) is 11.5 Å². The monoisotopic (exact) mass is 252 g/mol. The summed E-state index contributed by atoms with van der Waals surface area (Å²) in [4.78, 5) is 11.5. The fourth-order valence-electron chi connectivity index (χ4n) is 1.71. The number of rotatable bonds is 7. The highest BCUT2D eigenvalue weighted by Crippen LogP contribution is 2.29. The average molecular weight is 252 g/mol. The van der Waals surface area contributed by atoms with Gasteiger partial charge in [0.05, 0.1) is 14.2 Å². The van der Waals surface area contributed by atoms with Crippen LogP contribution < -0.4 is 20.5 Å². The summed E-state index contributed by atoms with van der Waals surface area (Å²) in [5.41, 5.74) is 6.23. The van der Waals surface area contributed by atoms with Crippen LogP contribution in [0, 0.1) is 0 Å². The number of benzene rings is 1. The smallest absolute Gasteiger partial charge is 0.220 e. The van der Waals surface area contributed by atoms with E-state index in [0.717, 1.165) is 17.1 Å². The molecule has 3 N–H and O–H groups in total. The summed E-state index contributed by atoms with van der Waals surface area (Å²) in [6.45, 7) is 0.950. The summed E-state index contributed by atoms with van der Waals surface area (Å²) in [6, 6.07) is 5.57. The van der Waals surface area contributed by atoms with Crippen LogP contribution in [0.25, 0.3) is 0 Å². The Balaban J connectivity index is 2.68. The lowest BCUT2D eigenvalue weighted by atomic mass is 10.1. The SMILES string of the molecule is COc1cccc(OC)c1CCC(=O)NCCN. The predicted octanol–water partition coefficient (Wildman–Crippen LogP) is 0.711.